The first-order valence-electron chi connectivity index (χ1n) is 13.2. The van der Waals surface area contributed by atoms with Gasteiger partial charge in [-0.25, -0.2) is 0 Å². The molecule has 0 amide bonds. The smallest absolute Gasteiger partial charge is 0.0786 e. The fourth-order valence-corrected chi connectivity index (χ4v) is 3.77. The Morgan fingerprint density at radius 1 is 0.500 bits per heavy atom. The van der Waals surface area contributed by atoms with E-state index in [9.17, 15) is 0 Å². The zero-order valence-electron chi connectivity index (χ0n) is 28.8. The van der Waals surface area contributed by atoms with Crippen LogP contribution in [-0.2, 0) is 21.9 Å². The molecule has 2 fully saturated rings. The fraction of sp³-hybridized carbons (Fsp3) is 0.818. The van der Waals surface area contributed by atoms with Crippen LogP contribution < -0.4 is 0 Å². The van der Waals surface area contributed by atoms with Gasteiger partial charge in [0, 0.05) is 113 Å². The summed E-state index contributed by atoms with van der Waals surface area (Å²) in [7, 11) is 4.81. The topological polar surface area (TPSA) is 502 Å². The fourth-order valence-electron chi connectivity index (χ4n) is 3.77. The van der Waals surface area contributed by atoms with E-state index < -0.39 is 20.3 Å². The van der Waals surface area contributed by atoms with Gasteiger partial charge in [-0.3, -0.25) is 10.6 Å². The summed E-state index contributed by atoms with van der Waals surface area (Å²) in [5.74, 6) is 0. The number of quaternary nitrogens is 2. The maximum absolute atomic E-state index is 8.25. The molecule has 304 valence electrons. The van der Waals surface area contributed by atoms with E-state index in [0.29, 0.717) is 0 Å². The summed E-state index contributed by atoms with van der Waals surface area (Å²) in [5.41, 5.74) is 0. The van der Waals surface area contributed by atoms with E-state index >= 15 is 0 Å². The second kappa shape index (κ2) is 62.4. The first kappa shape index (κ1) is 82.0. The van der Waals surface area contributed by atoms with Crippen molar-refractivity contribution in [2.45, 2.75) is 65.2 Å². The van der Waals surface area contributed by atoms with E-state index in [2.05, 4.69) is 38.6 Å². The molecule has 30 heteroatoms. The molecule has 0 aromatic carbocycles. The first-order valence-corrected chi connectivity index (χ1v) is 13.2. The van der Waals surface area contributed by atoms with Crippen molar-refractivity contribution >= 4 is 0 Å². The van der Waals surface area contributed by atoms with Gasteiger partial charge in [0.05, 0.1) is 73.7 Å². The van der Waals surface area contributed by atoms with Crippen molar-refractivity contribution in [1.82, 2.24) is 0 Å². The Morgan fingerprint density at radius 3 is 0.750 bits per heavy atom. The maximum Gasteiger partial charge on any atom is 0.0786 e. The number of nitriles is 4. The molecule has 0 radical (unpaired) electrons. The summed E-state index contributed by atoms with van der Waals surface area (Å²) in [6.45, 7) is 13.1. The third-order valence-corrected chi connectivity index (χ3v) is 5.59. The molecule has 0 aromatic heterocycles. The molecule has 0 spiro atoms. The second-order valence-corrected chi connectivity index (χ2v) is 9.22. The monoisotopic (exact) mass is 1200 g/mol. The summed E-state index contributed by atoms with van der Waals surface area (Å²) >= 11 is 0. The Bertz CT molecular complexity index is 829. The molecule has 2 aliphatic rings. The Kier molecular flexibility index (Phi) is 98.3. The van der Waals surface area contributed by atoms with Gasteiger partial charge < -0.3 is 113 Å². The molecule has 0 N–H and O–H groups in total. The normalized spacial score (nSPS) is 11.5. The predicted octanol–water partition coefficient (Wildman–Crippen LogP) is 3.27. The molecule has 28 nitrogen and oxygen atoms in total. The minimum absolute atomic E-state index is 0. The predicted molar refractivity (Wildman–Crippen MR) is 163 cm³/mol. The zero-order chi connectivity index (χ0) is 37.5. The van der Waals surface area contributed by atoms with E-state index in [1.807, 2.05) is 0 Å². The van der Waals surface area contributed by atoms with Gasteiger partial charge in [-0.05, 0) is 12.8 Å². The Hall–Kier alpha value is -3.78. The van der Waals surface area contributed by atoms with Gasteiger partial charge in [0.1, 0.15) is 0 Å². The molecule has 2 rings (SSSR count). The molecule has 0 atom stereocenters. The maximum atomic E-state index is 8.25. The molecular weight excluding hydrogens is 1160 g/mol. The van der Waals surface area contributed by atoms with Crippen molar-refractivity contribution in [3.8, 4) is 24.8 Å². The van der Waals surface area contributed by atoms with Crippen molar-refractivity contribution in [1.29, 1.82) is 21.0 Å². The largest absolute Gasteiger partial charge is 2.00 e. The molecule has 0 saturated carbocycles. The van der Waals surface area contributed by atoms with Gasteiger partial charge in [0.15, 0.2) is 0 Å². The van der Waals surface area contributed by atoms with Gasteiger partial charge in [-0.1, -0.05) is 26.7 Å². The van der Waals surface area contributed by atoms with Crippen LogP contribution in [0.2, 0.25) is 0 Å². The molecule has 0 aliphatic carbocycles. The van der Waals surface area contributed by atoms with Crippen molar-refractivity contribution in [2.75, 3.05) is 53.4 Å². The van der Waals surface area contributed by atoms with Crippen LogP contribution in [0.1, 0.15) is 65.2 Å². The van der Waals surface area contributed by atoms with Gasteiger partial charge >= 0.3 is 0 Å². The van der Waals surface area contributed by atoms with Crippen LogP contribution in [-0.4, -0.2) is 82.7 Å². The van der Waals surface area contributed by atoms with Crippen LogP contribution in [0.4, 0.5) is 0 Å². The number of hydrogen-bond donors (Lipinski definition) is 0. The number of rotatable bonds is 6. The van der Waals surface area contributed by atoms with Gasteiger partial charge in [-0.2, -0.15) is 0 Å². The SMILES string of the molecule is CCCC[N+]1(C)CCCC1.CCCC[N+]1(C)CCCC1.N#C[N-]C#N.N#C[N-]C#N.O=[N+]([O-])[O-].O=[N+]([O-])[O-].O=[N+]([O-])[O-].O=[N+]([O-])[O-].[O-2].[O-2].[O-2].[O-2].[U].[U]. The van der Waals surface area contributed by atoms with Crippen molar-refractivity contribution < 1.29 is 113 Å². The van der Waals surface area contributed by atoms with Gasteiger partial charge in [0.2, 0.25) is 0 Å². The second-order valence-electron chi connectivity index (χ2n) is 9.22. The van der Waals surface area contributed by atoms with E-state index in [4.69, 9.17) is 82.3 Å². The van der Waals surface area contributed by atoms with E-state index in [1.54, 1.807) is 0 Å². The summed E-state index contributed by atoms with van der Waals surface area (Å²) in [6.07, 6.45) is 16.5. The van der Waals surface area contributed by atoms with Crippen LogP contribution >= 0.6 is 0 Å². The Labute approximate surface area is 347 Å². The van der Waals surface area contributed by atoms with Crippen molar-refractivity contribution in [3.63, 3.8) is 0 Å². The van der Waals surface area contributed by atoms with Crippen molar-refractivity contribution in [3.05, 3.63) is 71.9 Å². The number of likely N-dealkylation sites (tertiary alicyclic amines) is 2. The molecule has 2 heterocycles. The number of unbranched alkanes of at least 4 members (excludes halogenated alkanes) is 2. The standard InChI is InChI=1S/2C9H20N.2C2N3.4NO3.4O.2U/c2*1-3-4-7-10(2)8-5-6-9-10;2*3-1-5-2-4;4*2-1(3)4;;;;;;/h2*3-9H2,1-2H3;;;;;;;;;;;;/q2*+1;6*-1;4*-2;;. The molecule has 0 unspecified atom stereocenters. The molecule has 2 aliphatic heterocycles. The molecule has 52 heavy (non-hydrogen) atoms. The average Bonchev–Trinajstić information content (AvgIpc) is 3.56. The third-order valence-electron chi connectivity index (χ3n) is 5.59. The summed E-state index contributed by atoms with van der Waals surface area (Å²) in [5, 5.41) is 93.9. The van der Waals surface area contributed by atoms with Gasteiger partial charge in [0.25, 0.3) is 0 Å². The minimum Gasteiger partial charge on any atom is -2.00 e. The van der Waals surface area contributed by atoms with Gasteiger partial charge in [-0.15, -0.1) is 0 Å². The first-order chi connectivity index (χ1) is 21.3. The van der Waals surface area contributed by atoms with Crippen LogP contribution in [0.5, 0.6) is 0 Å². The Balaban J connectivity index is -0.0000000359. The summed E-state index contributed by atoms with van der Waals surface area (Å²) < 4.78 is 2.71. The third kappa shape index (κ3) is 119. The van der Waals surface area contributed by atoms with Crippen LogP contribution in [0, 0.1) is 169 Å². The van der Waals surface area contributed by atoms with Crippen LogP contribution in [0.3, 0.4) is 0 Å². The number of hydrogen-bond acceptors (Lipinski definition) is 16. The molecule has 0 aromatic rings. The van der Waals surface area contributed by atoms with E-state index in [0.717, 1.165) is 0 Å². The minimum atomic E-state index is -1.75. The summed E-state index contributed by atoms with van der Waals surface area (Å²) in [4.78, 5) is 33.0. The van der Waals surface area contributed by atoms with Crippen LogP contribution in [0.25, 0.3) is 10.6 Å². The zero-order valence-corrected chi connectivity index (χ0v) is 37.1. The van der Waals surface area contributed by atoms with E-state index in [1.165, 1.54) is 124 Å². The van der Waals surface area contributed by atoms with E-state index in [-0.39, 0.29) is 84.1 Å². The molecule has 2 saturated heterocycles. The number of nitrogens with zero attached hydrogens (tertiary/aromatic N) is 12. The average molecular weight is 1200 g/mol. The quantitative estimate of drug-likeness (QED) is 0.159. The molecule has 0 bridgehead atoms. The summed E-state index contributed by atoms with van der Waals surface area (Å²) in [6, 6.07) is 0. The van der Waals surface area contributed by atoms with Crippen molar-refractivity contribution in [2.24, 2.45) is 0 Å². The Morgan fingerprint density at radius 2 is 0.654 bits per heavy atom. The molecular formula is C22H40N12O16U2-12. The van der Waals surface area contributed by atoms with Crippen LogP contribution in [0.15, 0.2) is 0 Å².